The van der Waals surface area contributed by atoms with Gasteiger partial charge in [-0.1, -0.05) is 30.3 Å². The molecule has 3 heteroatoms. The highest BCUT2D eigenvalue weighted by Gasteiger charge is 1.89. The Morgan fingerprint density at radius 3 is 2.69 bits per heavy atom. The minimum atomic E-state index is -0.279. The van der Waals surface area contributed by atoms with Gasteiger partial charge < -0.3 is 0 Å². The molecule has 66 valence electrons. The topological polar surface area (TPSA) is 41.5 Å². The lowest BCUT2D eigenvalue weighted by Crippen LogP contribution is -2.12. The van der Waals surface area contributed by atoms with E-state index in [4.69, 9.17) is 0 Å². The Morgan fingerprint density at radius 2 is 2.08 bits per heavy atom. The molecule has 0 atom stereocenters. The molecule has 0 saturated heterocycles. The van der Waals surface area contributed by atoms with Crippen LogP contribution in [0, 0.1) is 0 Å². The molecule has 0 aromatic heterocycles. The lowest BCUT2D eigenvalue weighted by atomic mass is 10.2. The van der Waals surface area contributed by atoms with Crippen molar-refractivity contribution >= 4 is 18.7 Å². The number of nitrogens with one attached hydrogen (secondary N) is 1. The second-order valence-corrected chi connectivity index (χ2v) is 2.38. The zero-order valence-electron chi connectivity index (χ0n) is 7.10. The first-order valence-electron chi connectivity index (χ1n) is 3.82. The summed E-state index contributed by atoms with van der Waals surface area (Å²) in [7, 11) is 0. The highest BCUT2D eigenvalue weighted by atomic mass is 16.2. The predicted molar refractivity (Wildman–Crippen MR) is 53.2 cm³/mol. The second kappa shape index (κ2) is 4.87. The highest BCUT2D eigenvalue weighted by Crippen LogP contribution is 2.00. The summed E-state index contributed by atoms with van der Waals surface area (Å²) < 4.78 is 0. The van der Waals surface area contributed by atoms with Crippen molar-refractivity contribution < 1.29 is 4.79 Å². The van der Waals surface area contributed by atoms with Crippen LogP contribution in [0.3, 0.4) is 0 Å². The molecular weight excluding hydrogens is 164 g/mol. The van der Waals surface area contributed by atoms with E-state index < -0.39 is 0 Å². The van der Waals surface area contributed by atoms with Crippen molar-refractivity contribution in [1.82, 2.24) is 5.43 Å². The second-order valence-electron chi connectivity index (χ2n) is 2.38. The van der Waals surface area contributed by atoms with E-state index in [1.54, 1.807) is 6.08 Å². The van der Waals surface area contributed by atoms with Gasteiger partial charge in [-0.2, -0.15) is 5.10 Å². The number of carbonyl (C=O) groups is 1. The Morgan fingerprint density at radius 1 is 1.38 bits per heavy atom. The van der Waals surface area contributed by atoms with Gasteiger partial charge in [-0.3, -0.25) is 4.79 Å². The van der Waals surface area contributed by atoms with Crippen LogP contribution in [0.25, 0.3) is 6.08 Å². The summed E-state index contributed by atoms with van der Waals surface area (Å²) in [4.78, 5) is 10.9. The zero-order valence-corrected chi connectivity index (χ0v) is 7.10. The number of hydrazone groups is 1. The summed E-state index contributed by atoms with van der Waals surface area (Å²) >= 11 is 0. The van der Waals surface area contributed by atoms with Gasteiger partial charge in [0.1, 0.15) is 0 Å². The number of nitrogens with zero attached hydrogens (tertiary/aromatic N) is 1. The molecule has 1 amide bonds. The number of benzene rings is 1. The third-order valence-corrected chi connectivity index (χ3v) is 1.42. The van der Waals surface area contributed by atoms with Crippen molar-refractivity contribution in [2.45, 2.75) is 0 Å². The largest absolute Gasteiger partial charge is 0.268 e. The van der Waals surface area contributed by atoms with Crippen LogP contribution in [-0.2, 0) is 4.79 Å². The monoisotopic (exact) mass is 174 g/mol. The van der Waals surface area contributed by atoms with Crippen molar-refractivity contribution in [3.05, 3.63) is 42.0 Å². The molecule has 0 saturated carbocycles. The summed E-state index contributed by atoms with van der Waals surface area (Å²) in [6, 6.07) is 9.55. The summed E-state index contributed by atoms with van der Waals surface area (Å²) in [6.45, 7) is 3.14. The number of amides is 1. The minimum Gasteiger partial charge on any atom is -0.268 e. The smallest absolute Gasteiger partial charge is 0.264 e. The Bertz CT molecular complexity index is 317. The van der Waals surface area contributed by atoms with Gasteiger partial charge in [0.25, 0.3) is 5.91 Å². The maximum atomic E-state index is 10.9. The van der Waals surface area contributed by atoms with E-state index in [1.165, 1.54) is 6.08 Å². The Balaban J connectivity index is 2.58. The predicted octanol–water partition coefficient (Wildman–Crippen LogP) is 1.43. The number of hydrogen-bond acceptors (Lipinski definition) is 2. The molecule has 0 radical (unpaired) electrons. The van der Waals surface area contributed by atoms with Crippen LogP contribution in [0.4, 0.5) is 0 Å². The van der Waals surface area contributed by atoms with Crippen LogP contribution < -0.4 is 5.43 Å². The van der Waals surface area contributed by atoms with Gasteiger partial charge >= 0.3 is 0 Å². The number of rotatable bonds is 3. The van der Waals surface area contributed by atoms with Crippen molar-refractivity contribution in [1.29, 1.82) is 0 Å². The lowest BCUT2D eigenvalue weighted by molar-refractivity contribution is -0.116. The van der Waals surface area contributed by atoms with Crippen molar-refractivity contribution in [3.8, 4) is 0 Å². The fourth-order valence-electron chi connectivity index (χ4n) is 0.851. The molecule has 1 rings (SSSR count). The molecule has 0 bridgehead atoms. The molecule has 1 N–H and O–H groups in total. The summed E-state index contributed by atoms with van der Waals surface area (Å²) in [5, 5.41) is 3.25. The summed E-state index contributed by atoms with van der Waals surface area (Å²) in [5.74, 6) is -0.279. The molecule has 0 aliphatic carbocycles. The average Bonchev–Trinajstić information content (AvgIpc) is 2.17. The SMILES string of the molecule is C=NNC(=O)C=Cc1ccccc1. The van der Waals surface area contributed by atoms with Crippen LogP contribution in [0.2, 0.25) is 0 Å². The Labute approximate surface area is 76.8 Å². The minimum absolute atomic E-state index is 0.279. The third kappa shape index (κ3) is 3.33. The molecule has 3 nitrogen and oxygen atoms in total. The molecule has 1 aromatic carbocycles. The third-order valence-electron chi connectivity index (χ3n) is 1.42. The van der Waals surface area contributed by atoms with Crippen LogP contribution in [-0.4, -0.2) is 12.6 Å². The molecule has 0 unspecified atom stereocenters. The molecule has 0 spiro atoms. The lowest BCUT2D eigenvalue weighted by Gasteiger charge is -1.91. The van der Waals surface area contributed by atoms with Crippen molar-refractivity contribution in [3.63, 3.8) is 0 Å². The number of hydrogen-bond donors (Lipinski definition) is 1. The summed E-state index contributed by atoms with van der Waals surface area (Å²) in [6.07, 6.45) is 3.12. The van der Waals surface area contributed by atoms with E-state index in [1.807, 2.05) is 30.3 Å². The van der Waals surface area contributed by atoms with Gasteiger partial charge in [0.2, 0.25) is 0 Å². The van der Waals surface area contributed by atoms with E-state index in [2.05, 4.69) is 17.2 Å². The maximum Gasteiger partial charge on any atom is 0.264 e. The van der Waals surface area contributed by atoms with E-state index in [9.17, 15) is 4.79 Å². The Kier molecular flexibility index (Phi) is 3.45. The maximum absolute atomic E-state index is 10.9. The molecule has 1 aromatic rings. The quantitative estimate of drug-likeness (QED) is 0.420. The van der Waals surface area contributed by atoms with Gasteiger partial charge in [0.15, 0.2) is 0 Å². The van der Waals surface area contributed by atoms with Crippen LogP contribution >= 0.6 is 0 Å². The first-order valence-corrected chi connectivity index (χ1v) is 3.82. The van der Waals surface area contributed by atoms with E-state index in [0.717, 1.165) is 5.56 Å². The molecule has 0 fully saturated rings. The molecular formula is C10H10N2O. The van der Waals surface area contributed by atoms with Gasteiger partial charge in [0, 0.05) is 12.8 Å². The first-order chi connectivity index (χ1) is 6.33. The average molecular weight is 174 g/mol. The molecule has 0 aliphatic heterocycles. The van der Waals surface area contributed by atoms with Gasteiger partial charge in [-0.25, -0.2) is 5.43 Å². The van der Waals surface area contributed by atoms with Crippen LogP contribution in [0.5, 0.6) is 0 Å². The van der Waals surface area contributed by atoms with Crippen LogP contribution in [0.15, 0.2) is 41.5 Å². The van der Waals surface area contributed by atoms with E-state index >= 15 is 0 Å². The van der Waals surface area contributed by atoms with Crippen LogP contribution in [0.1, 0.15) is 5.56 Å². The van der Waals surface area contributed by atoms with Gasteiger partial charge in [0.05, 0.1) is 0 Å². The standard InChI is InChI=1S/C10H10N2O/c1-11-12-10(13)8-7-9-5-3-2-4-6-9/h2-8H,1H2,(H,12,13). The molecule has 13 heavy (non-hydrogen) atoms. The first kappa shape index (κ1) is 9.19. The van der Waals surface area contributed by atoms with E-state index in [0.29, 0.717) is 0 Å². The highest BCUT2D eigenvalue weighted by molar-refractivity contribution is 5.91. The van der Waals surface area contributed by atoms with Crippen molar-refractivity contribution in [2.24, 2.45) is 5.10 Å². The summed E-state index contributed by atoms with van der Waals surface area (Å²) in [5.41, 5.74) is 3.18. The van der Waals surface area contributed by atoms with E-state index in [-0.39, 0.29) is 5.91 Å². The van der Waals surface area contributed by atoms with Gasteiger partial charge in [-0.15, -0.1) is 0 Å². The van der Waals surface area contributed by atoms with Crippen molar-refractivity contribution in [2.75, 3.05) is 0 Å². The molecule has 0 aliphatic rings. The fourth-order valence-corrected chi connectivity index (χ4v) is 0.851. The number of carbonyl (C=O) groups excluding carboxylic acids is 1. The molecule has 0 heterocycles. The zero-order chi connectivity index (χ0) is 9.52. The fraction of sp³-hybridized carbons (Fsp3) is 0. The van der Waals surface area contributed by atoms with Gasteiger partial charge in [-0.05, 0) is 11.6 Å². The normalized spacial score (nSPS) is 9.85. The Hall–Kier alpha value is -1.90.